The summed E-state index contributed by atoms with van der Waals surface area (Å²) in [5, 5.41) is 8.56. The lowest BCUT2D eigenvalue weighted by Gasteiger charge is -2.36. The predicted molar refractivity (Wildman–Crippen MR) is 105 cm³/mol. The Hall–Kier alpha value is -3.06. The van der Waals surface area contributed by atoms with E-state index in [0.29, 0.717) is 17.8 Å². The summed E-state index contributed by atoms with van der Waals surface area (Å²) in [6.07, 6.45) is 1.53. The summed E-state index contributed by atoms with van der Waals surface area (Å²) in [6.45, 7) is 5.11. The van der Waals surface area contributed by atoms with Crippen LogP contribution in [0.1, 0.15) is 16.1 Å². The van der Waals surface area contributed by atoms with E-state index in [9.17, 15) is 9.18 Å². The number of aromatic nitrogens is 3. The summed E-state index contributed by atoms with van der Waals surface area (Å²) >= 11 is 0. The standard InChI is InChI=1S/C21H22FN5O/c22-18-6-8-19(9-7-18)26-13-10-25(11-14-26)12-15-27-23-16-20(24-27)21(28)17-4-2-1-3-5-17/h1-9,16H,10-15H2. The summed E-state index contributed by atoms with van der Waals surface area (Å²) in [4.78, 5) is 18.6. The van der Waals surface area contributed by atoms with Gasteiger partial charge in [-0.15, -0.1) is 5.10 Å². The van der Waals surface area contributed by atoms with E-state index in [-0.39, 0.29) is 11.6 Å². The van der Waals surface area contributed by atoms with Crippen LogP contribution in [0.2, 0.25) is 0 Å². The fourth-order valence-corrected chi connectivity index (χ4v) is 3.36. The molecule has 144 valence electrons. The fraction of sp³-hybridized carbons (Fsp3) is 0.286. The molecule has 1 saturated heterocycles. The molecule has 28 heavy (non-hydrogen) atoms. The number of rotatable bonds is 6. The minimum atomic E-state index is -0.209. The van der Waals surface area contributed by atoms with Crippen molar-refractivity contribution in [2.45, 2.75) is 6.54 Å². The Morgan fingerprint density at radius 1 is 0.929 bits per heavy atom. The molecule has 3 aromatic rings. The molecule has 0 bridgehead atoms. The normalized spacial score (nSPS) is 15.0. The molecule has 1 aliphatic heterocycles. The molecule has 0 spiro atoms. The molecule has 0 radical (unpaired) electrons. The second kappa shape index (κ2) is 8.31. The summed E-state index contributed by atoms with van der Waals surface area (Å²) in [7, 11) is 0. The van der Waals surface area contributed by atoms with E-state index < -0.39 is 0 Å². The summed E-state index contributed by atoms with van der Waals surface area (Å²) < 4.78 is 13.1. The topological polar surface area (TPSA) is 54.3 Å². The van der Waals surface area contributed by atoms with Crippen LogP contribution >= 0.6 is 0 Å². The Labute approximate surface area is 163 Å². The van der Waals surface area contributed by atoms with E-state index in [0.717, 1.165) is 38.4 Å². The van der Waals surface area contributed by atoms with Gasteiger partial charge in [-0.05, 0) is 24.3 Å². The average molecular weight is 379 g/mol. The number of carbonyl (C=O) groups excluding carboxylic acids is 1. The third-order valence-corrected chi connectivity index (χ3v) is 4.99. The summed E-state index contributed by atoms with van der Waals surface area (Å²) in [5.41, 5.74) is 2.04. The fourth-order valence-electron chi connectivity index (χ4n) is 3.36. The van der Waals surface area contributed by atoms with Crippen molar-refractivity contribution in [3.63, 3.8) is 0 Å². The van der Waals surface area contributed by atoms with Crippen molar-refractivity contribution in [3.8, 4) is 0 Å². The first-order valence-corrected chi connectivity index (χ1v) is 9.42. The first-order chi connectivity index (χ1) is 13.7. The van der Waals surface area contributed by atoms with Gasteiger partial charge in [-0.3, -0.25) is 9.69 Å². The van der Waals surface area contributed by atoms with Gasteiger partial charge in [-0.25, -0.2) is 4.39 Å². The van der Waals surface area contributed by atoms with E-state index in [2.05, 4.69) is 20.0 Å². The lowest BCUT2D eigenvalue weighted by atomic mass is 10.1. The predicted octanol–water partition coefficient (Wildman–Crippen LogP) is 2.47. The zero-order valence-corrected chi connectivity index (χ0v) is 15.5. The van der Waals surface area contributed by atoms with Crippen LogP contribution in [0.5, 0.6) is 0 Å². The van der Waals surface area contributed by atoms with E-state index in [1.807, 2.05) is 30.3 Å². The van der Waals surface area contributed by atoms with Crippen molar-refractivity contribution in [1.82, 2.24) is 19.9 Å². The molecule has 0 amide bonds. The molecule has 1 aromatic heterocycles. The van der Waals surface area contributed by atoms with Gasteiger partial charge in [-0.1, -0.05) is 30.3 Å². The van der Waals surface area contributed by atoms with Gasteiger partial charge in [0, 0.05) is 44.0 Å². The number of halogens is 1. The first-order valence-electron chi connectivity index (χ1n) is 9.42. The van der Waals surface area contributed by atoms with E-state index in [4.69, 9.17) is 0 Å². The molecule has 7 heteroatoms. The van der Waals surface area contributed by atoms with E-state index >= 15 is 0 Å². The number of carbonyl (C=O) groups is 1. The number of hydrogen-bond donors (Lipinski definition) is 0. The largest absolute Gasteiger partial charge is 0.369 e. The van der Waals surface area contributed by atoms with Crippen LogP contribution in [0.15, 0.2) is 60.8 Å². The van der Waals surface area contributed by atoms with E-state index in [1.54, 1.807) is 16.9 Å². The third kappa shape index (κ3) is 4.26. The minimum Gasteiger partial charge on any atom is -0.369 e. The molecule has 1 fully saturated rings. The molecule has 6 nitrogen and oxygen atoms in total. The average Bonchev–Trinajstić information content (AvgIpc) is 3.22. The Bertz CT molecular complexity index is 917. The van der Waals surface area contributed by atoms with Crippen molar-refractivity contribution in [1.29, 1.82) is 0 Å². The highest BCUT2D eigenvalue weighted by atomic mass is 19.1. The number of piperazine rings is 1. The zero-order valence-electron chi connectivity index (χ0n) is 15.5. The van der Waals surface area contributed by atoms with Crippen molar-refractivity contribution < 1.29 is 9.18 Å². The monoisotopic (exact) mass is 379 g/mol. The molecule has 0 aliphatic carbocycles. The number of benzene rings is 2. The molecule has 0 N–H and O–H groups in total. The second-order valence-corrected chi connectivity index (χ2v) is 6.83. The minimum absolute atomic E-state index is 0.111. The van der Waals surface area contributed by atoms with Gasteiger partial charge in [0.2, 0.25) is 5.78 Å². The van der Waals surface area contributed by atoms with Crippen LogP contribution < -0.4 is 4.90 Å². The third-order valence-electron chi connectivity index (χ3n) is 4.99. The number of nitrogens with zero attached hydrogens (tertiary/aromatic N) is 5. The van der Waals surface area contributed by atoms with Crippen molar-refractivity contribution in [2.24, 2.45) is 0 Å². The highest BCUT2D eigenvalue weighted by Gasteiger charge is 2.18. The molecule has 0 saturated carbocycles. The lowest BCUT2D eigenvalue weighted by molar-refractivity contribution is 0.103. The highest BCUT2D eigenvalue weighted by Crippen LogP contribution is 2.16. The van der Waals surface area contributed by atoms with Gasteiger partial charge in [0.25, 0.3) is 0 Å². The van der Waals surface area contributed by atoms with Gasteiger partial charge >= 0.3 is 0 Å². The Morgan fingerprint density at radius 3 is 2.36 bits per heavy atom. The highest BCUT2D eigenvalue weighted by molar-refractivity contribution is 6.07. The maximum Gasteiger partial charge on any atom is 0.214 e. The Balaban J connectivity index is 1.27. The molecular weight excluding hydrogens is 357 g/mol. The lowest BCUT2D eigenvalue weighted by Crippen LogP contribution is -2.47. The van der Waals surface area contributed by atoms with Crippen LogP contribution in [-0.4, -0.2) is 58.4 Å². The SMILES string of the molecule is O=C(c1ccccc1)c1cnn(CCN2CCN(c3ccc(F)cc3)CC2)n1. The van der Waals surface area contributed by atoms with Crippen molar-refractivity contribution in [3.05, 3.63) is 77.9 Å². The quantitative estimate of drug-likeness (QED) is 0.616. The number of anilines is 1. The molecule has 1 aliphatic rings. The molecule has 2 aromatic carbocycles. The van der Waals surface area contributed by atoms with Crippen LogP contribution in [0.4, 0.5) is 10.1 Å². The van der Waals surface area contributed by atoms with Crippen molar-refractivity contribution in [2.75, 3.05) is 37.6 Å². The van der Waals surface area contributed by atoms with Gasteiger partial charge in [0.1, 0.15) is 5.82 Å². The smallest absolute Gasteiger partial charge is 0.214 e. The first kappa shape index (κ1) is 18.3. The molecule has 0 unspecified atom stereocenters. The van der Waals surface area contributed by atoms with Crippen LogP contribution in [0, 0.1) is 5.82 Å². The van der Waals surface area contributed by atoms with Crippen LogP contribution in [0.3, 0.4) is 0 Å². The van der Waals surface area contributed by atoms with Crippen LogP contribution in [-0.2, 0) is 6.54 Å². The summed E-state index contributed by atoms with van der Waals surface area (Å²) in [6, 6.07) is 15.8. The van der Waals surface area contributed by atoms with Gasteiger partial charge in [0.15, 0.2) is 5.69 Å². The second-order valence-electron chi connectivity index (χ2n) is 6.83. The van der Waals surface area contributed by atoms with Gasteiger partial charge in [-0.2, -0.15) is 9.90 Å². The summed E-state index contributed by atoms with van der Waals surface area (Å²) in [5.74, 6) is -0.320. The number of hydrogen-bond acceptors (Lipinski definition) is 5. The molecule has 4 rings (SSSR count). The van der Waals surface area contributed by atoms with Gasteiger partial charge in [0.05, 0.1) is 12.7 Å². The van der Waals surface area contributed by atoms with Gasteiger partial charge < -0.3 is 4.90 Å². The van der Waals surface area contributed by atoms with Crippen LogP contribution in [0.25, 0.3) is 0 Å². The van der Waals surface area contributed by atoms with Crippen molar-refractivity contribution >= 4 is 11.5 Å². The Morgan fingerprint density at radius 2 is 1.64 bits per heavy atom. The maximum atomic E-state index is 13.1. The molecular formula is C21H22FN5O. The Kier molecular flexibility index (Phi) is 5.43. The molecule has 2 heterocycles. The number of ketones is 1. The molecule has 0 atom stereocenters. The van der Waals surface area contributed by atoms with E-state index in [1.165, 1.54) is 18.3 Å². The zero-order chi connectivity index (χ0) is 19.3. The maximum absolute atomic E-state index is 13.1.